The lowest BCUT2D eigenvalue weighted by Gasteiger charge is -2.13. The van der Waals surface area contributed by atoms with Gasteiger partial charge < -0.3 is 20.1 Å². The van der Waals surface area contributed by atoms with E-state index in [4.69, 9.17) is 0 Å². The summed E-state index contributed by atoms with van der Waals surface area (Å²) in [7, 11) is 4.02. The second-order valence-corrected chi connectivity index (χ2v) is 8.51. The van der Waals surface area contributed by atoms with Crippen molar-refractivity contribution < 1.29 is 9.59 Å². The summed E-state index contributed by atoms with van der Waals surface area (Å²) >= 11 is 0. The molecule has 0 bridgehead atoms. The topological polar surface area (TPSA) is 84.2 Å². The third kappa shape index (κ3) is 4.19. The van der Waals surface area contributed by atoms with Crippen molar-refractivity contribution in [1.29, 1.82) is 0 Å². The van der Waals surface area contributed by atoms with E-state index in [-0.39, 0.29) is 11.8 Å². The Balaban J connectivity index is 1.33. The number of carbonyl (C=O) groups excluding carboxylic acids is 2. The number of benzene rings is 2. The minimum Gasteiger partial charge on any atom is -0.378 e. The number of hydrogen-bond acceptors (Lipinski definition) is 4. The van der Waals surface area contributed by atoms with Crippen molar-refractivity contribution in [3.63, 3.8) is 0 Å². The lowest BCUT2D eigenvalue weighted by Crippen LogP contribution is -2.22. The highest BCUT2D eigenvalue weighted by atomic mass is 16.2. The quantitative estimate of drug-likeness (QED) is 0.497. The van der Waals surface area contributed by atoms with Crippen molar-refractivity contribution in [3.05, 3.63) is 77.7 Å². The van der Waals surface area contributed by atoms with Crippen molar-refractivity contribution in [1.82, 2.24) is 19.7 Å². The molecule has 2 aromatic carbocycles. The zero-order valence-corrected chi connectivity index (χ0v) is 18.7. The van der Waals surface area contributed by atoms with E-state index in [1.165, 1.54) is 0 Å². The van der Waals surface area contributed by atoms with Crippen LogP contribution in [0.15, 0.2) is 60.9 Å². The summed E-state index contributed by atoms with van der Waals surface area (Å²) in [5, 5.41) is 11.2. The highest BCUT2D eigenvalue weighted by molar-refractivity contribution is 6.07. The molecule has 4 aromatic rings. The fourth-order valence-electron chi connectivity index (χ4n) is 4.19. The number of aromatic nitrogens is 3. The number of anilines is 2. The molecule has 0 saturated heterocycles. The van der Waals surface area contributed by atoms with E-state index in [1.807, 2.05) is 49.1 Å². The Hall–Kier alpha value is -4.07. The zero-order valence-electron chi connectivity index (χ0n) is 18.7. The smallest absolute Gasteiger partial charge is 0.267 e. The minimum absolute atomic E-state index is 0.0711. The van der Waals surface area contributed by atoms with Crippen molar-refractivity contribution >= 4 is 34.1 Å². The molecule has 0 atom stereocenters. The summed E-state index contributed by atoms with van der Waals surface area (Å²) in [6, 6.07) is 15.7. The standard InChI is InChI=1S/C25H26N6O2/c1-29(2)21-6-3-5-17(11-21)15-30-16-20(14-27-30)28-24(32)19-8-7-18-12-23-25(33)26-9-4-10-31(23)22(18)13-19/h3,5-8,11-14,16H,4,9-10,15H2,1-2H3,(H,26,33)(H,28,32). The number of nitrogens with zero attached hydrogens (tertiary/aromatic N) is 4. The minimum atomic E-state index is -0.209. The average molecular weight is 443 g/mol. The zero-order chi connectivity index (χ0) is 22.9. The summed E-state index contributed by atoms with van der Waals surface area (Å²) in [5.74, 6) is -0.280. The van der Waals surface area contributed by atoms with Gasteiger partial charge in [0.25, 0.3) is 11.8 Å². The summed E-state index contributed by atoms with van der Waals surface area (Å²) in [6.45, 7) is 2.01. The van der Waals surface area contributed by atoms with Crippen LogP contribution in [0.4, 0.5) is 11.4 Å². The molecule has 0 aliphatic carbocycles. The third-order valence-corrected chi connectivity index (χ3v) is 5.91. The monoisotopic (exact) mass is 442 g/mol. The first-order chi connectivity index (χ1) is 16.0. The Labute approximate surface area is 191 Å². The molecule has 2 N–H and O–H groups in total. The van der Waals surface area contributed by atoms with Gasteiger partial charge in [0.05, 0.1) is 18.4 Å². The molecule has 1 aliphatic rings. The summed E-state index contributed by atoms with van der Waals surface area (Å²) in [6.07, 6.45) is 4.34. The van der Waals surface area contributed by atoms with E-state index in [9.17, 15) is 9.59 Å². The summed E-state index contributed by atoms with van der Waals surface area (Å²) in [4.78, 5) is 27.3. The maximum atomic E-state index is 12.9. The van der Waals surface area contributed by atoms with Gasteiger partial charge in [-0.3, -0.25) is 14.3 Å². The fourth-order valence-corrected chi connectivity index (χ4v) is 4.19. The SMILES string of the molecule is CN(C)c1cccc(Cn2cc(NC(=O)c3ccc4cc5n(c4c3)CCCNC5=O)cn2)c1. The normalized spacial score (nSPS) is 13.3. The van der Waals surface area contributed by atoms with Gasteiger partial charge in [-0.15, -0.1) is 0 Å². The molecule has 168 valence electrons. The largest absolute Gasteiger partial charge is 0.378 e. The van der Waals surface area contributed by atoms with Crippen molar-refractivity contribution in [3.8, 4) is 0 Å². The van der Waals surface area contributed by atoms with Crippen LogP contribution in [0.1, 0.15) is 32.8 Å². The molecule has 33 heavy (non-hydrogen) atoms. The van der Waals surface area contributed by atoms with Crippen LogP contribution in [0.5, 0.6) is 0 Å². The van der Waals surface area contributed by atoms with Crippen LogP contribution in [0.25, 0.3) is 10.9 Å². The highest BCUT2D eigenvalue weighted by Crippen LogP contribution is 2.24. The molecular formula is C25H26N6O2. The molecule has 0 spiro atoms. The van der Waals surface area contributed by atoms with Crippen molar-refractivity contribution in [2.45, 2.75) is 19.5 Å². The first-order valence-corrected chi connectivity index (χ1v) is 11.0. The van der Waals surface area contributed by atoms with Gasteiger partial charge in [0, 0.05) is 55.5 Å². The molecule has 8 nitrogen and oxygen atoms in total. The van der Waals surface area contributed by atoms with Gasteiger partial charge in [-0.1, -0.05) is 18.2 Å². The van der Waals surface area contributed by atoms with E-state index >= 15 is 0 Å². The van der Waals surface area contributed by atoms with Gasteiger partial charge in [-0.05, 0) is 42.3 Å². The van der Waals surface area contributed by atoms with Gasteiger partial charge in [0.2, 0.25) is 0 Å². The second kappa shape index (κ2) is 8.46. The Morgan fingerprint density at radius 3 is 2.91 bits per heavy atom. The summed E-state index contributed by atoms with van der Waals surface area (Å²) < 4.78 is 3.80. The number of hydrogen-bond donors (Lipinski definition) is 2. The van der Waals surface area contributed by atoms with E-state index in [0.29, 0.717) is 30.0 Å². The molecule has 2 aromatic heterocycles. The summed E-state index contributed by atoms with van der Waals surface area (Å²) in [5.41, 5.74) is 4.97. The van der Waals surface area contributed by atoms with Gasteiger partial charge in [0.15, 0.2) is 0 Å². The molecule has 0 radical (unpaired) electrons. The molecule has 0 fully saturated rings. The van der Waals surface area contributed by atoms with Gasteiger partial charge in [-0.25, -0.2) is 0 Å². The number of carbonyl (C=O) groups is 2. The van der Waals surface area contributed by atoms with Gasteiger partial charge in [-0.2, -0.15) is 5.10 Å². The van der Waals surface area contributed by atoms with Crippen LogP contribution in [0.2, 0.25) is 0 Å². The van der Waals surface area contributed by atoms with Crippen molar-refractivity contribution in [2.24, 2.45) is 0 Å². The first kappa shape index (κ1) is 20.8. The number of rotatable bonds is 5. The van der Waals surface area contributed by atoms with E-state index < -0.39 is 0 Å². The lowest BCUT2D eigenvalue weighted by molar-refractivity contribution is 0.0950. The molecule has 1 aliphatic heterocycles. The molecule has 2 amide bonds. The van der Waals surface area contributed by atoms with Crippen LogP contribution < -0.4 is 15.5 Å². The fraction of sp³-hybridized carbons (Fsp3) is 0.240. The molecule has 0 saturated carbocycles. The molecule has 8 heteroatoms. The van der Waals surface area contributed by atoms with Crippen LogP contribution in [-0.2, 0) is 13.1 Å². The van der Waals surface area contributed by atoms with Crippen molar-refractivity contribution in [2.75, 3.05) is 30.9 Å². The highest BCUT2D eigenvalue weighted by Gasteiger charge is 2.19. The molecule has 5 rings (SSSR count). The Kier molecular flexibility index (Phi) is 5.34. The Bertz CT molecular complexity index is 1350. The van der Waals surface area contributed by atoms with Crippen LogP contribution in [-0.4, -0.2) is 46.8 Å². The van der Waals surface area contributed by atoms with E-state index in [0.717, 1.165) is 35.1 Å². The molecule has 0 unspecified atom stereocenters. The second-order valence-electron chi connectivity index (χ2n) is 8.51. The number of fused-ring (bicyclic) bond motifs is 3. The maximum Gasteiger partial charge on any atom is 0.267 e. The van der Waals surface area contributed by atoms with Gasteiger partial charge >= 0.3 is 0 Å². The van der Waals surface area contributed by atoms with E-state index in [2.05, 4.69) is 38.8 Å². The number of amides is 2. The van der Waals surface area contributed by atoms with Crippen LogP contribution in [0.3, 0.4) is 0 Å². The Morgan fingerprint density at radius 2 is 2.06 bits per heavy atom. The van der Waals surface area contributed by atoms with Crippen LogP contribution >= 0.6 is 0 Å². The van der Waals surface area contributed by atoms with Crippen LogP contribution in [0, 0.1) is 0 Å². The first-order valence-electron chi connectivity index (χ1n) is 11.0. The third-order valence-electron chi connectivity index (χ3n) is 5.91. The number of nitrogens with one attached hydrogen (secondary N) is 2. The number of aryl methyl sites for hydroxylation is 1. The Morgan fingerprint density at radius 1 is 1.18 bits per heavy atom. The average Bonchev–Trinajstić information content (AvgIpc) is 3.35. The predicted octanol–water partition coefficient (Wildman–Crippen LogP) is 3.34. The van der Waals surface area contributed by atoms with E-state index in [1.54, 1.807) is 16.9 Å². The predicted molar refractivity (Wildman–Crippen MR) is 129 cm³/mol. The molecule has 3 heterocycles. The molecular weight excluding hydrogens is 416 g/mol. The van der Waals surface area contributed by atoms with Gasteiger partial charge in [0.1, 0.15) is 5.69 Å². The lowest BCUT2D eigenvalue weighted by atomic mass is 10.1. The maximum absolute atomic E-state index is 12.9.